The van der Waals surface area contributed by atoms with Crippen LogP contribution < -0.4 is 4.74 Å². The van der Waals surface area contributed by atoms with Crippen LogP contribution in [0.3, 0.4) is 0 Å². The van der Waals surface area contributed by atoms with Gasteiger partial charge in [0.05, 0.1) is 11.9 Å². The molecular formula is C23H21NOS. The number of para-hydroxylation sites is 2. The van der Waals surface area contributed by atoms with Gasteiger partial charge < -0.3 is 4.74 Å². The Morgan fingerprint density at radius 2 is 1.42 bits per heavy atom. The van der Waals surface area contributed by atoms with Crippen LogP contribution in [0, 0.1) is 0 Å². The first-order chi connectivity index (χ1) is 12.8. The number of hydrogen-bond acceptors (Lipinski definition) is 3. The molecule has 0 atom stereocenters. The molecular weight excluding hydrogens is 338 g/mol. The zero-order chi connectivity index (χ0) is 18.0. The molecule has 0 radical (unpaired) electrons. The maximum absolute atomic E-state index is 5.86. The molecule has 26 heavy (non-hydrogen) atoms. The topological polar surface area (TPSA) is 21.6 Å². The molecule has 0 spiro atoms. The van der Waals surface area contributed by atoms with E-state index in [1.165, 1.54) is 0 Å². The average molecular weight is 359 g/mol. The first kappa shape index (κ1) is 18.0. The second kappa shape index (κ2) is 9.64. The summed E-state index contributed by atoms with van der Waals surface area (Å²) in [6.45, 7) is 2.12. The molecule has 0 unspecified atom stereocenters. The zero-order valence-corrected chi connectivity index (χ0v) is 15.5. The Balaban J connectivity index is 1.91. The molecule has 3 aromatic carbocycles. The van der Waals surface area contributed by atoms with Crippen LogP contribution in [0.1, 0.15) is 13.3 Å². The molecule has 0 saturated heterocycles. The Kier molecular flexibility index (Phi) is 6.68. The molecule has 0 aliphatic carbocycles. The molecule has 3 aromatic rings. The number of ether oxygens (including phenoxy) is 1. The van der Waals surface area contributed by atoms with Crippen LogP contribution >= 0.6 is 11.8 Å². The van der Waals surface area contributed by atoms with E-state index >= 15 is 0 Å². The first-order valence-corrected chi connectivity index (χ1v) is 9.44. The molecule has 0 fully saturated rings. The van der Waals surface area contributed by atoms with Crippen LogP contribution in [0.15, 0.2) is 113 Å². The van der Waals surface area contributed by atoms with E-state index in [0.717, 1.165) is 33.4 Å². The first-order valence-electron chi connectivity index (χ1n) is 8.63. The standard InChI is InChI=1S/C23H21NOS/c1-2-19(18-25-21-14-8-4-9-15-21)23(24-20-12-6-3-7-13-20)26-22-16-10-5-11-17-22/h3-18H,2H2,1H3/b19-18+,24-23+. The minimum absolute atomic E-state index is 0.822. The van der Waals surface area contributed by atoms with E-state index in [0.29, 0.717) is 0 Å². The highest BCUT2D eigenvalue weighted by atomic mass is 32.2. The summed E-state index contributed by atoms with van der Waals surface area (Å²) < 4.78 is 5.86. The summed E-state index contributed by atoms with van der Waals surface area (Å²) >= 11 is 1.65. The van der Waals surface area contributed by atoms with Crippen LogP contribution in [0.25, 0.3) is 0 Å². The van der Waals surface area contributed by atoms with Gasteiger partial charge in [-0.15, -0.1) is 0 Å². The summed E-state index contributed by atoms with van der Waals surface area (Å²) in [6.07, 6.45) is 2.64. The van der Waals surface area contributed by atoms with Gasteiger partial charge in [0.15, 0.2) is 0 Å². The molecule has 3 rings (SSSR count). The minimum Gasteiger partial charge on any atom is -0.465 e. The third kappa shape index (κ3) is 5.36. The van der Waals surface area contributed by atoms with Crippen LogP contribution in [0.2, 0.25) is 0 Å². The molecule has 0 bridgehead atoms. The summed E-state index contributed by atoms with van der Waals surface area (Å²) in [6, 6.07) is 30.1. The lowest BCUT2D eigenvalue weighted by molar-refractivity contribution is 0.477. The van der Waals surface area contributed by atoms with E-state index in [2.05, 4.69) is 19.1 Å². The van der Waals surface area contributed by atoms with Gasteiger partial charge in [-0.3, -0.25) is 0 Å². The van der Waals surface area contributed by atoms with Crippen LogP contribution in [0.4, 0.5) is 5.69 Å². The Labute approximate surface area is 159 Å². The lowest BCUT2D eigenvalue weighted by atomic mass is 10.2. The van der Waals surface area contributed by atoms with Crippen molar-refractivity contribution in [2.45, 2.75) is 18.2 Å². The lowest BCUT2D eigenvalue weighted by Crippen LogP contribution is -2.00. The number of aliphatic imine (C=N–C) groups is 1. The zero-order valence-electron chi connectivity index (χ0n) is 14.7. The van der Waals surface area contributed by atoms with E-state index < -0.39 is 0 Å². The molecule has 0 heterocycles. The third-order valence-electron chi connectivity index (χ3n) is 3.68. The van der Waals surface area contributed by atoms with Crippen molar-refractivity contribution in [3.05, 3.63) is 103 Å². The fraction of sp³-hybridized carbons (Fsp3) is 0.0870. The second-order valence-corrected chi connectivity index (χ2v) is 6.66. The van der Waals surface area contributed by atoms with Gasteiger partial charge in [-0.05, 0) is 42.8 Å². The number of thioether (sulfide) groups is 1. The van der Waals surface area contributed by atoms with Gasteiger partial charge >= 0.3 is 0 Å². The van der Waals surface area contributed by atoms with Gasteiger partial charge in [0.1, 0.15) is 10.8 Å². The Bertz CT molecular complexity index is 858. The largest absolute Gasteiger partial charge is 0.465 e. The second-order valence-electron chi connectivity index (χ2n) is 5.60. The van der Waals surface area contributed by atoms with Crippen LogP contribution in [-0.2, 0) is 0 Å². The number of benzene rings is 3. The fourth-order valence-corrected chi connectivity index (χ4v) is 3.29. The monoisotopic (exact) mass is 359 g/mol. The van der Waals surface area contributed by atoms with Crippen molar-refractivity contribution >= 4 is 22.5 Å². The van der Waals surface area contributed by atoms with Crippen LogP contribution in [0.5, 0.6) is 5.75 Å². The van der Waals surface area contributed by atoms with Crippen molar-refractivity contribution in [1.29, 1.82) is 0 Å². The van der Waals surface area contributed by atoms with Gasteiger partial charge in [0, 0.05) is 10.5 Å². The Morgan fingerprint density at radius 3 is 2.04 bits per heavy atom. The molecule has 0 saturated carbocycles. The molecule has 0 aromatic heterocycles. The Morgan fingerprint density at radius 1 is 0.846 bits per heavy atom. The van der Waals surface area contributed by atoms with Gasteiger partial charge in [-0.1, -0.05) is 73.3 Å². The smallest absolute Gasteiger partial charge is 0.126 e. The highest BCUT2D eigenvalue weighted by molar-refractivity contribution is 8.14. The number of rotatable bonds is 6. The van der Waals surface area contributed by atoms with Crippen molar-refractivity contribution in [3.8, 4) is 5.75 Å². The van der Waals surface area contributed by atoms with E-state index in [1.54, 1.807) is 11.8 Å². The summed E-state index contributed by atoms with van der Waals surface area (Å²) in [7, 11) is 0. The highest BCUT2D eigenvalue weighted by Crippen LogP contribution is 2.28. The average Bonchev–Trinajstić information content (AvgIpc) is 2.71. The number of nitrogens with zero attached hydrogens (tertiary/aromatic N) is 1. The van der Waals surface area contributed by atoms with Crippen molar-refractivity contribution in [1.82, 2.24) is 0 Å². The SMILES string of the molecule is CCC(=C\Oc1ccccc1)/C(=N\c1ccccc1)Sc1ccccc1. The fourth-order valence-electron chi connectivity index (χ4n) is 2.30. The van der Waals surface area contributed by atoms with E-state index in [-0.39, 0.29) is 0 Å². The molecule has 0 N–H and O–H groups in total. The van der Waals surface area contributed by atoms with Crippen molar-refractivity contribution in [3.63, 3.8) is 0 Å². The lowest BCUT2D eigenvalue weighted by Gasteiger charge is -2.10. The predicted octanol–water partition coefficient (Wildman–Crippen LogP) is 6.88. The maximum Gasteiger partial charge on any atom is 0.126 e. The minimum atomic E-state index is 0.822. The highest BCUT2D eigenvalue weighted by Gasteiger charge is 2.09. The van der Waals surface area contributed by atoms with Crippen molar-refractivity contribution in [2.75, 3.05) is 0 Å². The molecule has 0 amide bonds. The molecule has 0 aliphatic rings. The maximum atomic E-state index is 5.86. The molecule has 130 valence electrons. The summed E-state index contributed by atoms with van der Waals surface area (Å²) in [5, 5.41) is 0.945. The summed E-state index contributed by atoms with van der Waals surface area (Å²) in [5.41, 5.74) is 2.00. The van der Waals surface area contributed by atoms with Gasteiger partial charge in [-0.25, -0.2) is 4.99 Å². The van der Waals surface area contributed by atoms with Crippen molar-refractivity contribution in [2.24, 2.45) is 4.99 Å². The molecule has 3 heteroatoms. The van der Waals surface area contributed by atoms with E-state index in [4.69, 9.17) is 9.73 Å². The van der Waals surface area contributed by atoms with E-state index in [9.17, 15) is 0 Å². The summed E-state index contributed by atoms with van der Waals surface area (Å²) in [5.74, 6) is 0.822. The normalized spacial score (nSPS) is 12.0. The third-order valence-corrected chi connectivity index (χ3v) is 4.74. The van der Waals surface area contributed by atoms with Gasteiger partial charge in [0.25, 0.3) is 0 Å². The number of hydrogen-bond donors (Lipinski definition) is 0. The van der Waals surface area contributed by atoms with Crippen molar-refractivity contribution < 1.29 is 4.74 Å². The van der Waals surface area contributed by atoms with Crippen LogP contribution in [-0.4, -0.2) is 5.04 Å². The summed E-state index contributed by atoms with van der Waals surface area (Å²) in [4.78, 5) is 6.02. The quantitative estimate of drug-likeness (QED) is 0.207. The van der Waals surface area contributed by atoms with Gasteiger partial charge in [-0.2, -0.15) is 0 Å². The molecule has 2 nitrogen and oxygen atoms in total. The van der Waals surface area contributed by atoms with Gasteiger partial charge in [0.2, 0.25) is 0 Å². The predicted molar refractivity (Wildman–Crippen MR) is 111 cm³/mol. The van der Waals surface area contributed by atoms with E-state index in [1.807, 2.05) is 85.1 Å². The Hall–Kier alpha value is -2.78. The molecule has 0 aliphatic heterocycles.